The quantitative estimate of drug-likeness (QED) is 0.837. The number of nitrogens with zero attached hydrogens (tertiary/aromatic N) is 3. The second kappa shape index (κ2) is 5.03. The first-order valence-electron chi connectivity index (χ1n) is 6.55. The SMILES string of the molecule is Nc1ccc2c(N3CCNCC3)cc(C(F)(F)F)nc2n1. The number of hydrogen-bond donors (Lipinski definition) is 2. The van der Waals surface area contributed by atoms with Gasteiger partial charge in [-0.15, -0.1) is 0 Å². The van der Waals surface area contributed by atoms with Crippen LogP contribution in [0, 0.1) is 0 Å². The highest BCUT2D eigenvalue weighted by atomic mass is 19.4. The van der Waals surface area contributed by atoms with E-state index < -0.39 is 11.9 Å². The normalized spacial score (nSPS) is 16.4. The van der Waals surface area contributed by atoms with E-state index in [1.807, 2.05) is 4.90 Å². The Hall–Kier alpha value is -2.09. The largest absolute Gasteiger partial charge is 0.433 e. The van der Waals surface area contributed by atoms with Crippen molar-refractivity contribution in [2.24, 2.45) is 0 Å². The molecule has 0 saturated carbocycles. The summed E-state index contributed by atoms with van der Waals surface area (Å²) in [4.78, 5) is 9.44. The van der Waals surface area contributed by atoms with Gasteiger partial charge in [0.25, 0.3) is 0 Å². The summed E-state index contributed by atoms with van der Waals surface area (Å²) in [6.07, 6.45) is -4.51. The zero-order valence-corrected chi connectivity index (χ0v) is 11.1. The maximum absolute atomic E-state index is 13.0. The third-order valence-corrected chi connectivity index (χ3v) is 3.42. The Balaban J connectivity index is 2.19. The van der Waals surface area contributed by atoms with Crippen molar-refractivity contribution in [3.05, 3.63) is 23.9 Å². The van der Waals surface area contributed by atoms with E-state index in [2.05, 4.69) is 15.3 Å². The zero-order chi connectivity index (χ0) is 15.0. The Kier molecular flexibility index (Phi) is 3.32. The van der Waals surface area contributed by atoms with Gasteiger partial charge in [-0.2, -0.15) is 13.2 Å². The summed E-state index contributed by atoms with van der Waals surface area (Å²) in [5.41, 5.74) is 5.14. The molecule has 3 rings (SSSR count). The fourth-order valence-corrected chi connectivity index (χ4v) is 2.41. The van der Waals surface area contributed by atoms with Crippen LogP contribution in [0.1, 0.15) is 5.69 Å². The molecule has 3 heterocycles. The van der Waals surface area contributed by atoms with Crippen LogP contribution in [0.4, 0.5) is 24.7 Å². The van der Waals surface area contributed by atoms with Gasteiger partial charge in [-0.1, -0.05) is 0 Å². The molecule has 2 aromatic heterocycles. The zero-order valence-electron chi connectivity index (χ0n) is 11.1. The van der Waals surface area contributed by atoms with Crippen molar-refractivity contribution < 1.29 is 13.2 Å². The first kappa shape index (κ1) is 13.9. The number of nitrogens with one attached hydrogen (secondary N) is 1. The second-order valence-electron chi connectivity index (χ2n) is 4.87. The third kappa shape index (κ3) is 2.71. The number of fused-ring (bicyclic) bond motifs is 1. The highest BCUT2D eigenvalue weighted by molar-refractivity contribution is 5.90. The molecule has 1 saturated heterocycles. The Morgan fingerprint density at radius 1 is 1.14 bits per heavy atom. The standard InChI is InChI=1S/C13H14F3N5/c14-13(15,16)10-7-9(21-5-3-18-4-6-21)8-1-2-11(17)20-12(8)19-10/h1-2,7,18H,3-6H2,(H2,17,19,20). The van der Waals surface area contributed by atoms with Crippen LogP contribution in [0.15, 0.2) is 18.2 Å². The van der Waals surface area contributed by atoms with Crippen LogP contribution in [0.2, 0.25) is 0 Å². The molecular formula is C13H14F3N5. The number of anilines is 2. The number of piperazine rings is 1. The summed E-state index contributed by atoms with van der Waals surface area (Å²) < 4.78 is 39.0. The van der Waals surface area contributed by atoms with E-state index in [0.717, 1.165) is 19.2 Å². The van der Waals surface area contributed by atoms with E-state index in [1.165, 1.54) is 0 Å². The molecule has 0 aliphatic carbocycles. The van der Waals surface area contributed by atoms with Crippen molar-refractivity contribution in [3.63, 3.8) is 0 Å². The van der Waals surface area contributed by atoms with Gasteiger partial charge in [0.05, 0.1) is 5.69 Å². The van der Waals surface area contributed by atoms with Gasteiger partial charge >= 0.3 is 6.18 Å². The molecule has 0 atom stereocenters. The number of aromatic nitrogens is 2. The van der Waals surface area contributed by atoms with Gasteiger partial charge in [-0.05, 0) is 18.2 Å². The summed E-state index contributed by atoms with van der Waals surface area (Å²) in [5, 5.41) is 3.75. The van der Waals surface area contributed by atoms with E-state index in [4.69, 9.17) is 5.73 Å². The number of rotatable bonds is 1. The number of hydrogen-bond acceptors (Lipinski definition) is 5. The molecule has 2 aromatic rings. The van der Waals surface area contributed by atoms with Gasteiger partial charge in [0.15, 0.2) is 5.65 Å². The fraction of sp³-hybridized carbons (Fsp3) is 0.385. The molecule has 8 heteroatoms. The minimum absolute atomic E-state index is 0.0263. The molecule has 1 fully saturated rings. The Labute approximate surface area is 119 Å². The van der Waals surface area contributed by atoms with E-state index in [0.29, 0.717) is 24.2 Å². The van der Waals surface area contributed by atoms with Crippen molar-refractivity contribution in [1.29, 1.82) is 0 Å². The summed E-state index contributed by atoms with van der Waals surface area (Å²) in [6, 6.07) is 4.33. The molecule has 0 bridgehead atoms. The lowest BCUT2D eigenvalue weighted by Crippen LogP contribution is -2.43. The second-order valence-corrected chi connectivity index (χ2v) is 4.87. The number of halogens is 3. The lowest BCUT2D eigenvalue weighted by Gasteiger charge is -2.30. The highest BCUT2D eigenvalue weighted by Gasteiger charge is 2.34. The van der Waals surface area contributed by atoms with Crippen LogP contribution < -0.4 is 16.0 Å². The first-order chi connectivity index (χ1) is 9.95. The molecule has 0 amide bonds. The molecule has 5 nitrogen and oxygen atoms in total. The maximum atomic E-state index is 13.0. The molecule has 0 aromatic carbocycles. The average Bonchev–Trinajstić information content (AvgIpc) is 2.45. The van der Waals surface area contributed by atoms with Gasteiger partial charge in [-0.3, -0.25) is 0 Å². The summed E-state index contributed by atoms with van der Waals surface area (Å²) in [6.45, 7) is 2.74. The smallest absolute Gasteiger partial charge is 0.384 e. The maximum Gasteiger partial charge on any atom is 0.433 e. The van der Waals surface area contributed by atoms with Crippen LogP contribution in [-0.4, -0.2) is 36.1 Å². The van der Waals surface area contributed by atoms with Crippen LogP contribution >= 0.6 is 0 Å². The Bertz CT molecular complexity index is 665. The minimum atomic E-state index is -4.51. The van der Waals surface area contributed by atoms with E-state index >= 15 is 0 Å². The van der Waals surface area contributed by atoms with Crippen LogP contribution in [0.25, 0.3) is 11.0 Å². The third-order valence-electron chi connectivity index (χ3n) is 3.42. The number of alkyl halides is 3. The van der Waals surface area contributed by atoms with Crippen LogP contribution in [0.3, 0.4) is 0 Å². The van der Waals surface area contributed by atoms with Crippen molar-refractivity contribution >= 4 is 22.5 Å². The lowest BCUT2D eigenvalue weighted by atomic mass is 10.1. The predicted molar refractivity (Wildman–Crippen MR) is 74.0 cm³/mol. The molecule has 1 aliphatic rings. The average molecular weight is 297 g/mol. The minimum Gasteiger partial charge on any atom is -0.384 e. The van der Waals surface area contributed by atoms with E-state index in [9.17, 15) is 13.2 Å². The predicted octanol–water partition coefficient (Wildman–Crippen LogP) is 1.64. The first-order valence-corrected chi connectivity index (χ1v) is 6.55. The highest BCUT2D eigenvalue weighted by Crippen LogP contribution is 2.34. The fourth-order valence-electron chi connectivity index (χ4n) is 2.41. The number of nitrogen functional groups attached to an aromatic ring is 1. The van der Waals surface area contributed by atoms with Gasteiger partial charge in [0, 0.05) is 31.6 Å². The van der Waals surface area contributed by atoms with Gasteiger partial charge in [0.1, 0.15) is 11.5 Å². The van der Waals surface area contributed by atoms with Crippen molar-refractivity contribution in [2.75, 3.05) is 36.8 Å². The van der Waals surface area contributed by atoms with E-state index in [-0.39, 0.29) is 11.5 Å². The molecular weight excluding hydrogens is 283 g/mol. The topological polar surface area (TPSA) is 67.1 Å². The van der Waals surface area contributed by atoms with Crippen molar-refractivity contribution in [3.8, 4) is 0 Å². The lowest BCUT2D eigenvalue weighted by molar-refractivity contribution is -0.140. The van der Waals surface area contributed by atoms with Crippen LogP contribution in [0.5, 0.6) is 0 Å². The molecule has 112 valence electrons. The van der Waals surface area contributed by atoms with Gasteiger partial charge in [-0.25, -0.2) is 9.97 Å². The Morgan fingerprint density at radius 3 is 2.52 bits per heavy atom. The van der Waals surface area contributed by atoms with Crippen molar-refractivity contribution in [1.82, 2.24) is 15.3 Å². The summed E-state index contributed by atoms with van der Waals surface area (Å²) in [7, 11) is 0. The Morgan fingerprint density at radius 2 is 1.86 bits per heavy atom. The van der Waals surface area contributed by atoms with Gasteiger partial charge < -0.3 is 16.0 Å². The molecule has 3 N–H and O–H groups in total. The monoisotopic (exact) mass is 297 g/mol. The van der Waals surface area contributed by atoms with Crippen molar-refractivity contribution in [2.45, 2.75) is 6.18 Å². The molecule has 21 heavy (non-hydrogen) atoms. The number of pyridine rings is 2. The molecule has 0 radical (unpaired) electrons. The summed E-state index contributed by atoms with van der Waals surface area (Å²) in [5.74, 6) is 0.153. The molecule has 0 unspecified atom stereocenters. The molecule has 0 spiro atoms. The summed E-state index contributed by atoms with van der Waals surface area (Å²) >= 11 is 0. The molecule has 1 aliphatic heterocycles. The van der Waals surface area contributed by atoms with E-state index in [1.54, 1.807) is 12.1 Å². The van der Waals surface area contributed by atoms with Gasteiger partial charge in [0.2, 0.25) is 0 Å². The number of nitrogens with two attached hydrogens (primary N) is 1. The van der Waals surface area contributed by atoms with Crippen LogP contribution in [-0.2, 0) is 6.18 Å².